The SMILES string of the molecule is CC(C)CC(CNCCCCCOc1ccccc1)C(=O)O. The Hall–Kier alpha value is -1.55. The van der Waals surface area contributed by atoms with E-state index in [1.807, 2.05) is 30.3 Å². The Balaban J connectivity index is 1.99. The fourth-order valence-corrected chi connectivity index (χ4v) is 2.35. The number of hydrogen-bond donors (Lipinski definition) is 2. The van der Waals surface area contributed by atoms with Crippen LogP contribution in [0, 0.1) is 11.8 Å². The number of carbonyl (C=O) groups is 1. The van der Waals surface area contributed by atoms with Crippen molar-refractivity contribution < 1.29 is 14.6 Å². The van der Waals surface area contributed by atoms with Gasteiger partial charge < -0.3 is 15.2 Å². The van der Waals surface area contributed by atoms with E-state index < -0.39 is 5.97 Å². The minimum absolute atomic E-state index is 0.276. The quantitative estimate of drug-likeness (QED) is 0.580. The lowest BCUT2D eigenvalue weighted by Gasteiger charge is -2.15. The van der Waals surface area contributed by atoms with Gasteiger partial charge >= 0.3 is 5.97 Å². The van der Waals surface area contributed by atoms with E-state index in [-0.39, 0.29) is 5.92 Å². The second-order valence-corrected chi connectivity index (χ2v) is 6.09. The summed E-state index contributed by atoms with van der Waals surface area (Å²) in [5.74, 6) is 0.357. The first-order chi connectivity index (χ1) is 10.6. The van der Waals surface area contributed by atoms with Gasteiger partial charge in [-0.1, -0.05) is 32.0 Å². The van der Waals surface area contributed by atoms with Gasteiger partial charge in [-0.05, 0) is 50.3 Å². The van der Waals surface area contributed by atoms with Gasteiger partial charge in [0.15, 0.2) is 0 Å². The monoisotopic (exact) mass is 307 g/mol. The molecular weight excluding hydrogens is 278 g/mol. The van der Waals surface area contributed by atoms with Crippen molar-refractivity contribution in [2.24, 2.45) is 11.8 Å². The number of unbranched alkanes of at least 4 members (excludes halogenated alkanes) is 2. The second-order valence-electron chi connectivity index (χ2n) is 6.09. The highest BCUT2D eigenvalue weighted by molar-refractivity contribution is 5.70. The third kappa shape index (κ3) is 8.67. The van der Waals surface area contributed by atoms with Crippen molar-refractivity contribution >= 4 is 5.97 Å². The molecule has 1 unspecified atom stereocenters. The van der Waals surface area contributed by atoms with Gasteiger partial charge in [0, 0.05) is 6.54 Å². The first kappa shape index (κ1) is 18.5. The molecule has 1 atom stereocenters. The number of nitrogens with one attached hydrogen (secondary N) is 1. The highest BCUT2D eigenvalue weighted by Gasteiger charge is 2.17. The van der Waals surface area contributed by atoms with Crippen LogP contribution < -0.4 is 10.1 Å². The van der Waals surface area contributed by atoms with Crippen LogP contribution in [0.15, 0.2) is 30.3 Å². The minimum atomic E-state index is -0.697. The molecule has 0 aliphatic carbocycles. The fourth-order valence-electron chi connectivity index (χ4n) is 2.35. The summed E-state index contributed by atoms with van der Waals surface area (Å²) in [6, 6.07) is 9.83. The Labute approximate surface area is 133 Å². The van der Waals surface area contributed by atoms with Crippen LogP contribution in [0.5, 0.6) is 5.75 Å². The predicted molar refractivity (Wildman–Crippen MR) is 89.2 cm³/mol. The van der Waals surface area contributed by atoms with Crippen molar-refractivity contribution in [3.8, 4) is 5.75 Å². The Morgan fingerprint density at radius 1 is 1.18 bits per heavy atom. The number of aliphatic carboxylic acids is 1. The summed E-state index contributed by atoms with van der Waals surface area (Å²) in [5, 5.41) is 12.4. The molecule has 22 heavy (non-hydrogen) atoms. The largest absolute Gasteiger partial charge is 0.494 e. The van der Waals surface area contributed by atoms with Crippen LogP contribution in [0.25, 0.3) is 0 Å². The molecule has 0 amide bonds. The number of benzene rings is 1. The van der Waals surface area contributed by atoms with Crippen molar-refractivity contribution in [2.75, 3.05) is 19.7 Å². The molecule has 1 aromatic carbocycles. The van der Waals surface area contributed by atoms with E-state index in [0.29, 0.717) is 12.5 Å². The summed E-state index contributed by atoms with van der Waals surface area (Å²) in [7, 11) is 0. The highest BCUT2D eigenvalue weighted by atomic mass is 16.5. The summed E-state index contributed by atoms with van der Waals surface area (Å²) in [6.07, 6.45) is 3.88. The van der Waals surface area contributed by atoms with Gasteiger partial charge in [-0.3, -0.25) is 4.79 Å². The maximum Gasteiger partial charge on any atom is 0.307 e. The highest BCUT2D eigenvalue weighted by Crippen LogP contribution is 2.11. The molecule has 0 saturated carbocycles. The zero-order chi connectivity index (χ0) is 16.2. The van der Waals surface area contributed by atoms with Crippen LogP contribution in [0.3, 0.4) is 0 Å². The van der Waals surface area contributed by atoms with E-state index in [0.717, 1.165) is 44.6 Å². The number of hydrogen-bond acceptors (Lipinski definition) is 3. The van der Waals surface area contributed by atoms with E-state index in [9.17, 15) is 4.79 Å². The number of carboxylic acid groups (broad SMARTS) is 1. The average Bonchev–Trinajstić information content (AvgIpc) is 2.49. The van der Waals surface area contributed by atoms with Crippen molar-refractivity contribution in [3.63, 3.8) is 0 Å². The van der Waals surface area contributed by atoms with Gasteiger partial charge in [-0.15, -0.1) is 0 Å². The molecule has 1 aromatic rings. The summed E-state index contributed by atoms with van der Waals surface area (Å²) < 4.78 is 5.63. The lowest BCUT2D eigenvalue weighted by Crippen LogP contribution is -2.30. The number of rotatable bonds is 12. The third-order valence-electron chi connectivity index (χ3n) is 3.51. The fraction of sp³-hybridized carbons (Fsp3) is 0.611. The van der Waals surface area contributed by atoms with E-state index in [4.69, 9.17) is 9.84 Å². The van der Waals surface area contributed by atoms with Crippen LogP contribution in [0.4, 0.5) is 0 Å². The lowest BCUT2D eigenvalue weighted by molar-refractivity contribution is -0.142. The Bertz CT molecular complexity index is 406. The van der Waals surface area contributed by atoms with Crippen LogP contribution in [-0.2, 0) is 4.79 Å². The summed E-state index contributed by atoms with van der Waals surface area (Å²) >= 11 is 0. The van der Waals surface area contributed by atoms with Gasteiger partial charge in [0.05, 0.1) is 12.5 Å². The maximum atomic E-state index is 11.1. The molecule has 124 valence electrons. The standard InChI is InChI=1S/C18H29NO3/c1-15(2)13-16(18(20)21)14-19-11-7-4-8-12-22-17-9-5-3-6-10-17/h3,5-6,9-10,15-16,19H,4,7-8,11-14H2,1-2H3,(H,20,21). The first-order valence-electron chi connectivity index (χ1n) is 8.21. The van der Waals surface area contributed by atoms with Crippen LogP contribution in [-0.4, -0.2) is 30.8 Å². The molecule has 4 heteroatoms. The molecule has 0 aliphatic heterocycles. The summed E-state index contributed by atoms with van der Waals surface area (Å²) in [4.78, 5) is 11.1. The smallest absolute Gasteiger partial charge is 0.307 e. The second kappa shape index (κ2) is 11.1. The molecule has 0 aromatic heterocycles. The summed E-state index contributed by atoms with van der Waals surface area (Å²) in [6.45, 7) is 6.28. The van der Waals surface area contributed by atoms with E-state index in [2.05, 4.69) is 19.2 Å². The number of para-hydroxylation sites is 1. The van der Waals surface area contributed by atoms with Gasteiger partial charge in [-0.25, -0.2) is 0 Å². The van der Waals surface area contributed by atoms with Crippen LogP contribution in [0.2, 0.25) is 0 Å². The van der Waals surface area contributed by atoms with Gasteiger partial charge in [-0.2, -0.15) is 0 Å². The molecule has 2 N–H and O–H groups in total. The molecule has 0 bridgehead atoms. The van der Waals surface area contributed by atoms with Crippen LogP contribution in [0.1, 0.15) is 39.5 Å². The number of carboxylic acids is 1. The van der Waals surface area contributed by atoms with Crippen LogP contribution >= 0.6 is 0 Å². The van der Waals surface area contributed by atoms with Crippen molar-refractivity contribution in [1.29, 1.82) is 0 Å². The predicted octanol–water partition coefficient (Wildman–Crippen LogP) is 3.57. The van der Waals surface area contributed by atoms with Crippen molar-refractivity contribution in [2.45, 2.75) is 39.5 Å². The zero-order valence-corrected chi connectivity index (χ0v) is 13.8. The molecule has 0 fully saturated rings. The molecule has 1 rings (SSSR count). The van der Waals surface area contributed by atoms with E-state index in [1.54, 1.807) is 0 Å². The lowest BCUT2D eigenvalue weighted by atomic mass is 9.97. The van der Waals surface area contributed by atoms with Gasteiger partial charge in [0.2, 0.25) is 0 Å². The minimum Gasteiger partial charge on any atom is -0.494 e. The molecule has 0 spiro atoms. The maximum absolute atomic E-state index is 11.1. The summed E-state index contributed by atoms with van der Waals surface area (Å²) in [5.41, 5.74) is 0. The molecule has 0 heterocycles. The third-order valence-corrected chi connectivity index (χ3v) is 3.51. The molecule has 0 saturated heterocycles. The Kier molecular flexibility index (Phi) is 9.31. The topological polar surface area (TPSA) is 58.6 Å². The molecule has 4 nitrogen and oxygen atoms in total. The normalized spacial score (nSPS) is 12.3. The number of ether oxygens (including phenoxy) is 1. The van der Waals surface area contributed by atoms with Gasteiger partial charge in [0.1, 0.15) is 5.75 Å². The van der Waals surface area contributed by atoms with Crippen molar-refractivity contribution in [1.82, 2.24) is 5.32 Å². The Morgan fingerprint density at radius 2 is 1.91 bits per heavy atom. The van der Waals surface area contributed by atoms with E-state index >= 15 is 0 Å². The zero-order valence-electron chi connectivity index (χ0n) is 13.8. The first-order valence-corrected chi connectivity index (χ1v) is 8.21. The van der Waals surface area contributed by atoms with E-state index in [1.165, 1.54) is 0 Å². The van der Waals surface area contributed by atoms with Gasteiger partial charge in [0.25, 0.3) is 0 Å². The molecule has 0 aliphatic rings. The Morgan fingerprint density at radius 3 is 2.55 bits per heavy atom. The molecular formula is C18H29NO3. The average molecular weight is 307 g/mol. The molecule has 0 radical (unpaired) electrons. The van der Waals surface area contributed by atoms with Crippen molar-refractivity contribution in [3.05, 3.63) is 30.3 Å².